The lowest BCUT2D eigenvalue weighted by Gasteiger charge is -2.06. The molecule has 0 aliphatic carbocycles. The smallest absolute Gasteiger partial charge is 0.257 e. The summed E-state index contributed by atoms with van der Waals surface area (Å²) in [5.74, 6) is 0. The van der Waals surface area contributed by atoms with Crippen LogP contribution in [-0.4, -0.2) is 28.9 Å². The molecule has 1 heterocycles. The van der Waals surface area contributed by atoms with Gasteiger partial charge in [0.1, 0.15) is 12.3 Å². The van der Waals surface area contributed by atoms with Crippen molar-refractivity contribution in [2.75, 3.05) is 0 Å². The van der Waals surface area contributed by atoms with Crippen LogP contribution in [0.4, 0.5) is 13.2 Å². The number of aromatic nitrogens is 3. The topological polar surface area (TPSA) is 74.1 Å². The quantitative estimate of drug-likeness (QED) is 0.561. The lowest BCUT2D eigenvalue weighted by atomic mass is 10.5. The zero-order valence-corrected chi connectivity index (χ0v) is 8.21. The summed E-state index contributed by atoms with van der Waals surface area (Å²) in [5, 5.41) is 6.75. The van der Waals surface area contributed by atoms with Crippen molar-refractivity contribution >= 4 is 10.1 Å². The number of hydrogen-bond donors (Lipinski definition) is 0. The maximum absolute atomic E-state index is 11.8. The monoisotopic (exact) mass is 245 g/mol. The van der Waals surface area contributed by atoms with Crippen LogP contribution in [0, 0.1) is 0 Å². The predicted molar refractivity (Wildman–Crippen MR) is 40.8 cm³/mol. The minimum atomic E-state index is -5.56. The van der Waals surface area contributed by atoms with Crippen LogP contribution >= 0.6 is 0 Å². The van der Waals surface area contributed by atoms with E-state index in [1.807, 2.05) is 0 Å². The van der Waals surface area contributed by atoms with Gasteiger partial charge in [-0.2, -0.15) is 21.6 Å². The minimum absolute atomic E-state index is 0.00896. The maximum atomic E-state index is 11.8. The van der Waals surface area contributed by atoms with Gasteiger partial charge in [-0.25, -0.2) is 0 Å². The van der Waals surface area contributed by atoms with Crippen molar-refractivity contribution in [1.29, 1.82) is 0 Å². The molecule has 0 fully saturated rings. The molecule has 1 aromatic rings. The molecule has 0 aliphatic rings. The van der Waals surface area contributed by atoms with E-state index in [4.69, 9.17) is 0 Å². The van der Waals surface area contributed by atoms with Crippen molar-refractivity contribution < 1.29 is 25.8 Å². The summed E-state index contributed by atoms with van der Waals surface area (Å²) in [6.45, 7) is -0.796. The van der Waals surface area contributed by atoms with E-state index >= 15 is 0 Å². The number of alkyl halides is 3. The average Bonchev–Trinajstić information content (AvgIpc) is 2.46. The maximum Gasteiger partial charge on any atom is 0.523 e. The predicted octanol–water partition coefficient (Wildman–Crippen LogP) is 0.181. The van der Waals surface area contributed by atoms with Gasteiger partial charge in [0.15, 0.2) is 0 Å². The van der Waals surface area contributed by atoms with Gasteiger partial charge in [0.25, 0.3) is 0 Å². The number of nitrogens with zero attached hydrogens (tertiary/aromatic N) is 3. The van der Waals surface area contributed by atoms with Crippen molar-refractivity contribution in [3.05, 3.63) is 11.9 Å². The number of rotatable bonds is 3. The second-order valence-corrected chi connectivity index (χ2v) is 4.15. The zero-order valence-electron chi connectivity index (χ0n) is 7.39. The molecular formula is C5H6F3N3O3S. The second-order valence-electron chi connectivity index (χ2n) is 2.55. The highest BCUT2D eigenvalue weighted by molar-refractivity contribution is 7.87. The van der Waals surface area contributed by atoms with E-state index in [1.165, 1.54) is 17.9 Å². The molecule has 0 atom stereocenters. The standard InChI is InChI=1S/C5H6F3N3O3S/c1-11-2-4(9-10-11)3-14-15(12,13)5(6,7)8/h2H,3H2,1H3. The van der Waals surface area contributed by atoms with Gasteiger partial charge in [-0.15, -0.1) is 5.10 Å². The first-order valence-corrected chi connectivity index (χ1v) is 4.94. The fourth-order valence-electron chi connectivity index (χ4n) is 0.666. The summed E-state index contributed by atoms with van der Waals surface area (Å²) in [6, 6.07) is 0. The molecular weight excluding hydrogens is 239 g/mol. The third-order valence-electron chi connectivity index (χ3n) is 1.30. The summed E-state index contributed by atoms with van der Waals surface area (Å²) >= 11 is 0. The fourth-order valence-corrected chi connectivity index (χ4v) is 1.08. The Morgan fingerprint density at radius 3 is 2.53 bits per heavy atom. The Kier molecular flexibility index (Phi) is 3.00. The van der Waals surface area contributed by atoms with Crippen molar-refractivity contribution in [3.8, 4) is 0 Å². The Balaban J connectivity index is 2.66. The van der Waals surface area contributed by atoms with Gasteiger partial charge >= 0.3 is 15.6 Å². The summed E-state index contributed by atoms with van der Waals surface area (Å²) in [4.78, 5) is 0. The molecule has 0 aliphatic heterocycles. The first-order chi connectivity index (χ1) is 6.72. The van der Waals surface area contributed by atoms with Gasteiger partial charge in [-0.3, -0.25) is 8.86 Å². The Hall–Kier alpha value is -1.16. The summed E-state index contributed by atoms with van der Waals surface area (Å²) in [5.41, 5.74) is -5.43. The molecule has 0 bridgehead atoms. The molecule has 1 rings (SSSR count). The Labute approximate surface area is 82.8 Å². The van der Waals surface area contributed by atoms with Crippen molar-refractivity contribution in [2.45, 2.75) is 12.1 Å². The molecule has 86 valence electrons. The highest BCUT2D eigenvalue weighted by atomic mass is 32.2. The molecule has 0 aromatic carbocycles. The van der Waals surface area contributed by atoms with E-state index in [0.717, 1.165) is 0 Å². The summed E-state index contributed by atoms with van der Waals surface area (Å²) < 4.78 is 61.2. The van der Waals surface area contributed by atoms with E-state index in [-0.39, 0.29) is 5.69 Å². The number of aryl methyl sites for hydroxylation is 1. The van der Waals surface area contributed by atoms with Crippen LogP contribution in [-0.2, 0) is 28.0 Å². The molecule has 10 heteroatoms. The molecule has 0 amide bonds. The Morgan fingerprint density at radius 1 is 1.53 bits per heavy atom. The van der Waals surface area contributed by atoms with E-state index in [0.29, 0.717) is 0 Å². The van der Waals surface area contributed by atoms with Crippen molar-refractivity contribution in [1.82, 2.24) is 15.0 Å². The highest BCUT2D eigenvalue weighted by Gasteiger charge is 2.47. The third-order valence-corrected chi connectivity index (χ3v) is 2.29. The third kappa shape index (κ3) is 2.89. The summed E-state index contributed by atoms with van der Waals surface area (Å²) in [6.07, 6.45) is 1.24. The molecule has 6 nitrogen and oxygen atoms in total. The first kappa shape index (κ1) is 11.9. The van der Waals surface area contributed by atoms with Crippen LogP contribution < -0.4 is 0 Å². The fraction of sp³-hybridized carbons (Fsp3) is 0.600. The first-order valence-electron chi connectivity index (χ1n) is 3.53. The number of hydrogen-bond acceptors (Lipinski definition) is 5. The van der Waals surface area contributed by atoms with Crippen LogP contribution in [0.1, 0.15) is 5.69 Å². The van der Waals surface area contributed by atoms with Crippen LogP contribution in [0.3, 0.4) is 0 Å². The molecule has 0 N–H and O–H groups in total. The molecule has 15 heavy (non-hydrogen) atoms. The largest absolute Gasteiger partial charge is 0.523 e. The lowest BCUT2D eigenvalue weighted by Crippen LogP contribution is -2.25. The van der Waals surface area contributed by atoms with Gasteiger partial charge in [0.2, 0.25) is 0 Å². The SMILES string of the molecule is Cn1cc(COS(=O)(=O)C(F)(F)F)nn1. The van der Waals surface area contributed by atoms with Crippen LogP contribution in [0.25, 0.3) is 0 Å². The molecule has 0 radical (unpaired) electrons. The Bertz CT molecular complexity index is 438. The average molecular weight is 245 g/mol. The Morgan fingerprint density at radius 2 is 2.13 bits per heavy atom. The molecule has 1 aromatic heterocycles. The van der Waals surface area contributed by atoms with Gasteiger partial charge in [0, 0.05) is 7.05 Å². The normalized spacial score (nSPS) is 13.1. The van der Waals surface area contributed by atoms with E-state index < -0.39 is 22.2 Å². The van der Waals surface area contributed by atoms with Crippen molar-refractivity contribution in [3.63, 3.8) is 0 Å². The zero-order chi connectivity index (χ0) is 11.7. The van der Waals surface area contributed by atoms with Crippen LogP contribution in [0.5, 0.6) is 0 Å². The van der Waals surface area contributed by atoms with E-state index in [9.17, 15) is 21.6 Å². The second kappa shape index (κ2) is 3.77. The van der Waals surface area contributed by atoms with Crippen LogP contribution in [0.15, 0.2) is 6.20 Å². The van der Waals surface area contributed by atoms with Gasteiger partial charge in [-0.05, 0) is 0 Å². The minimum Gasteiger partial charge on any atom is -0.257 e. The van der Waals surface area contributed by atoms with Gasteiger partial charge < -0.3 is 0 Å². The highest BCUT2D eigenvalue weighted by Crippen LogP contribution is 2.25. The summed E-state index contributed by atoms with van der Waals surface area (Å²) in [7, 11) is -4.08. The molecule has 0 saturated carbocycles. The van der Waals surface area contributed by atoms with E-state index in [2.05, 4.69) is 14.5 Å². The van der Waals surface area contributed by atoms with Gasteiger partial charge in [-0.1, -0.05) is 5.21 Å². The lowest BCUT2D eigenvalue weighted by molar-refractivity contribution is -0.0548. The molecule has 0 saturated heterocycles. The van der Waals surface area contributed by atoms with Crippen LogP contribution in [0.2, 0.25) is 0 Å². The van der Waals surface area contributed by atoms with Gasteiger partial charge in [0.05, 0.1) is 6.20 Å². The molecule has 0 spiro atoms. The van der Waals surface area contributed by atoms with E-state index in [1.54, 1.807) is 0 Å². The van der Waals surface area contributed by atoms with Crippen molar-refractivity contribution in [2.24, 2.45) is 7.05 Å². The number of halogens is 3. The molecule has 0 unspecified atom stereocenters.